The smallest absolute Gasteiger partial charge is 0.336 e. The van der Waals surface area contributed by atoms with Crippen LogP contribution in [0, 0.1) is 5.92 Å². The molecule has 0 aliphatic carbocycles. The number of carboxylic acids is 1. The number of aliphatic hydroxyl groups excluding tert-OH is 5. The van der Waals surface area contributed by atoms with Gasteiger partial charge in [-0.25, -0.2) is 4.79 Å². The van der Waals surface area contributed by atoms with Crippen molar-refractivity contribution in [2.24, 2.45) is 11.7 Å². The van der Waals surface area contributed by atoms with E-state index in [-0.39, 0.29) is 0 Å². The first kappa shape index (κ1) is 54.1. The third-order valence-corrected chi connectivity index (χ3v) is 9.32. The lowest BCUT2D eigenvalue weighted by Crippen LogP contribution is -2.66. The maximum absolute atomic E-state index is 13.7. The Labute approximate surface area is 369 Å². The average molecular weight is 923 g/mol. The molecule has 1 aromatic rings. The third kappa shape index (κ3) is 16.5. The minimum Gasteiger partial charge on any atom is -0.479 e. The molecule has 0 radical (unpaired) electrons. The number of β-amino-alcohol motifs (C(OH)–C–C–N with tert-alkyl or cyclic N) is 1. The summed E-state index contributed by atoms with van der Waals surface area (Å²) in [6.45, 7) is 1.74. The van der Waals surface area contributed by atoms with E-state index >= 15 is 0 Å². The molecule has 1 fully saturated rings. The molecular weight excluding hydrogens is 868 g/mol. The van der Waals surface area contributed by atoms with E-state index in [2.05, 4.69) is 21.3 Å². The van der Waals surface area contributed by atoms with Crippen molar-refractivity contribution in [2.75, 3.05) is 19.7 Å². The predicted molar refractivity (Wildman–Crippen MR) is 219 cm³/mol. The van der Waals surface area contributed by atoms with Gasteiger partial charge in [0.15, 0.2) is 6.10 Å². The van der Waals surface area contributed by atoms with Crippen molar-refractivity contribution < 1.29 is 83.4 Å². The molecule has 0 spiro atoms. The van der Waals surface area contributed by atoms with Crippen molar-refractivity contribution in [3.05, 3.63) is 42.0 Å². The summed E-state index contributed by atoms with van der Waals surface area (Å²) >= 11 is 0. The molecule has 17 N–H and O–H groups in total. The molecular formula is C38H54N10O17. The van der Waals surface area contributed by atoms with Crippen molar-refractivity contribution in [3.63, 3.8) is 0 Å². The Balaban J connectivity index is 2.57. The van der Waals surface area contributed by atoms with Gasteiger partial charge >= 0.3 is 5.97 Å². The summed E-state index contributed by atoms with van der Waals surface area (Å²) in [6.07, 6.45) is -6.69. The van der Waals surface area contributed by atoms with Crippen LogP contribution in [0.15, 0.2) is 36.4 Å². The molecule has 27 nitrogen and oxygen atoms in total. The van der Waals surface area contributed by atoms with E-state index in [1.165, 1.54) is 26.8 Å². The van der Waals surface area contributed by atoms with Crippen LogP contribution in [-0.4, -0.2) is 182 Å². The zero-order valence-corrected chi connectivity index (χ0v) is 35.3. The second-order valence-electron chi connectivity index (χ2n) is 14.8. The Hall–Kier alpha value is -7.07. The lowest BCUT2D eigenvalue weighted by molar-refractivity contribution is -0.148. The average Bonchev–Trinajstić information content (AvgIpc) is 3.25. The predicted octanol–water partition coefficient (Wildman–Crippen LogP) is -8.96. The largest absolute Gasteiger partial charge is 0.479 e. The zero-order valence-electron chi connectivity index (χ0n) is 35.3. The molecule has 1 aromatic carbocycles. The van der Waals surface area contributed by atoms with E-state index in [0.29, 0.717) is 5.56 Å². The van der Waals surface area contributed by atoms with Crippen LogP contribution in [0.2, 0.25) is 0 Å². The van der Waals surface area contributed by atoms with Crippen molar-refractivity contribution in [1.29, 1.82) is 0 Å². The second-order valence-corrected chi connectivity index (χ2v) is 14.8. The lowest BCUT2D eigenvalue weighted by Gasteiger charge is -2.31. The molecule has 0 saturated carbocycles. The first-order valence-corrected chi connectivity index (χ1v) is 19.7. The normalized spacial score (nSPS) is 25.3. The lowest BCUT2D eigenvalue weighted by atomic mass is 9.99. The van der Waals surface area contributed by atoms with Crippen LogP contribution in [0.4, 0.5) is 0 Å². The van der Waals surface area contributed by atoms with Gasteiger partial charge in [0.2, 0.25) is 53.3 Å². The molecule has 11 atom stereocenters. The summed E-state index contributed by atoms with van der Waals surface area (Å²) < 4.78 is 0. The van der Waals surface area contributed by atoms with Crippen LogP contribution in [-0.2, 0) is 52.7 Å². The number of carbonyl (C=O) groups excluding carboxylic acids is 10. The van der Waals surface area contributed by atoms with Gasteiger partial charge in [-0.2, -0.15) is 0 Å². The number of primary amides is 1. The third-order valence-electron chi connectivity index (χ3n) is 9.32. The van der Waals surface area contributed by atoms with E-state index in [4.69, 9.17) is 5.73 Å². The van der Waals surface area contributed by atoms with Crippen molar-refractivity contribution >= 4 is 71.1 Å². The minimum absolute atomic E-state index is 0.658. The van der Waals surface area contributed by atoms with Crippen molar-refractivity contribution in [2.45, 2.75) is 94.4 Å². The van der Waals surface area contributed by atoms with Crippen molar-refractivity contribution in [1.82, 2.24) is 47.9 Å². The maximum atomic E-state index is 13.7. The van der Waals surface area contributed by atoms with E-state index in [1.807, 2.05) is 21.3 Å². The molecule has 0 aromatic heterocycles. The molecule has 10 amide bonds. The Kier molecular flexibility index (Phi) is 21.0. The summed E-state index contributed by atoms with van der Waals surface area (Å²) in [7, 11) is 0. The molecule has 1 aliphatic heterocycles. The molecule has 1 aliphatic rings. The number of rotatable bonds is 13. The van der Waals surface area contributed by atoms with Gasteiger partial charge in [-0.05, 0) is 31.4 Å². The van der Waals surface area contributed by atoms with Gasteiger partial charge in [-0.1, -0.05) is 44.2 Å². The maximum Gasteiger partial charge on any atom is 0.336 e. The number of benzene rings is 1. The first-order chi connectivity index (χ1) is 30.4. The van der Waals surface area contributed by atoms with E-state index in [0.717, 1.165) is 13.0 Å². The fourth-order valence-corrected chi connectivity index (χ4v) is 5.56. The summed E-state index contributed by atoms with van der Waals surface area (Å²) in [5.74, 6) is -16.4. The fraction of sp³-hybridized carbons (Fsp3) is 0.500. The number of amides is 10. The highest BCUT2D eigenvalue weighted by molar-refractivity contribution is 6.06. The Bertz CT molecular complexity index is 1970. The van der Waals surface area contributed by atoms with Crippen LogP contribution in [0.25, 0.3) is 6.08 Å². The molecule has 0 bridgehead atoms. The van der Waals surface area contributed by atoms with Crippen LogP contribution in [0.3, 0.4) is 0 Å². The number of carbonyl (C=O) groups is 11. The number of nitrogens with two attached hydrogens (primary N) is 1. The molecule has 358 valence electrons. The number of nitrogens with one attached hydrogen (secondary N) is 9. The first-order valence-electron chi connectivity index (χ1n) is 19.7. The monoisotopic (exact) mass is 922 g/mol. The Morgan fingerprint density at radius 3 is 1.85 bits per heavy atom. The highest BCUT2D eigenvalue weighted by Crippen LogP contribution is 2.09. The summed E-state index contributed by atoms with van der Waals surface area (Å²) in [5.41, 5.74) is 5.72. The number of aliphatic hydroxyl groups is 5. The van der Waals surface area contributed by atoms with Gasteiger partial charge in [0.25, 0.3) is 11.8 Å². The minimum atomic E-state index is -2.60. The highest BCUT2D eigenvalue weighted by Gasteiger charge is 2.41. The zero-order chi connectivity index (χ0) is 49.3. The Morgan fingerprint density at radius 2 is 1.29 bits per heavy atom. The van der Waals surface area contributed by atoms with Crippen LogP contribution < -0.4 is 53.6 Å². The van der Waals surface area contributed by atoms with Gasteiger partial charge in [0.05, 0.1) is 19.3 Å². The van der Waals surface area contributed by atoms with Crippen LogP contribution >= 0.6 is 0 Å². The second kappa shape index (κ2) is 25.3. The standard InChI is InChI=1S/C38H54N10O17/c1-15(2)23-35(61)47-25(27(53)28(54)29(39)55)36(62)46-24(17(4)50)34(60)41-13-21(51)33(59)48-26(38(64)65)37(63)43-19(31(57)44-20(14-49)32(58)45-23)12-40-30(56)16(3)42-22(52)11-10-18-8-6-5-7-9-18/h5-11,15-17,19-21,23-28,49-51,53-54H,12-14H2,1-4H3,(H2,39,55)(H,40,56)(H,41,60)(H,42,52)(H,43,63)(H,44,57)(H,45,58)(H,46,62)(H,47,61)(H,48,59)(H,64,65)/b11-10+. The molecule has 11 unspecified atom stereocenters. The molecule has 65 heavy (non-hydrogen) atoms. The van der Waals surface area contributed by atoms with Crippen LogP contribution in [0.5, 0.6) is 0 Å². The van der Waals surface area contributed by atoms with Gasteiger partial charge < -0.3 is 84.2 Å². The quantitative estimate of drug-likeness (QED) is 0.0645. The molecule has 2 rings (SSSR count). The topological polar surface area (TPSA) is 443 Å². The molecule has 1 heterocycles. The number of hydrogen-bond acceptors (Lipinski definition) is 16. The van der Waals surface area contributed by atoms with Gasteiger partial charge in [-0.15, -0.1) is 0 Å². The SMILES string of the molecule is CC(NC(=O)/C=C/c1ccccc1)C(=O)NCC1NC(=O)C(C(=O)O)NC(=O)C(O)CNC(=O)C(C(C)O)NC(=O)C(C(O)C(O)C(N)=O)NC(=O)C(C(C)C)NC(=O)C(CO)NC1=O. The van der Waals surface area contributed by atoms with Crippen molar-refractivity contribution in [3.8, 4) is 0 Å². The van der Waals surface area contributed by atoms with Gasteiger partial charge in [-0.3, -0.25) is 47.9 Å². The highest BCUT2D eigenvalue weighted by atomic mass is 16.4. The van der Waals surface area contributed by atoms with Gasteiger partial charge in [0, 0.05) is 12.6 Å². The fourth-order valence-electron chi connectivity index (χ4n) is 5.56. The summed E-state index contributed by atoms with van der Waals surface area (Å²) in [4.78, 5) is 143. The molecule has 27 heteroatoms. The Morgan fingerprint density at radius 1 is 0.738 bits per heavy atom. The van der Waals surface area contributed by atoms with Gasteiger partial charge in [0.1, 0.15) is 48.5 Å². The van der Waals surface area contributed by atoms with E-state index in [1.54, 1.807) is 35.6 Å². The summed E-state index contributed by atoms with van der Waals surface area (Å²) in [6, 6.07) is -5.50. The van der Waals surface area contributed by atoms with E-state index in [9.17, 15) is 83.4 Å². The number of aliphatic carboxylic acids is 1. The summed E-state index contributed by atoms with van der Waals surface area (Å²) in [5, 5.41) is 80.2. The van der Waals surface area contributed by atoms with E-state index < -0.39 is 157 Å². The number of hydrogen-bond donors (Lipinski definition) is 16. The number of carboxylic acid groups (broad SMARTS) is 1. The van der Waals surface area contributed by atoms with Crippen LogP contribution in [0.1, 0.15) is 33.3 Å². The molecule has 1 saturated heterocycles.